The number of anilines is 3. The lowest BCUT2D eigenvalue weighted by Crippen LogP contribution is -2.60. The van der Waals surface area contributed by atoms with Crippen LogP contribution in [0.2, 0.25) is 10.0 Å². The summed E-state index contributed by atoms with van der Waals surface area (Å²) in [6.45, 7) is 1.47. The molecule has 0 radical (unpaired) electrons. The van der Waals surface area contributed by atoms with Crippen molar-refractivity contribution < 1.29 is 47.4 Å². The number of fused-ring (bicyclic) bond motifs is 4. The van der Waals surface area contributed by atoms with Crippen molar-refractivity contribution in [2.45, 2.75) is 73.9 Å². The molecule has 1 saturated carbocycles. The molecular weight excluding hydrogens is 920 g/mol. The van der Waals surface area contributed by atoms with Crippen molar-refractivity contribution in [2.24, 2.45) is 0 Å². The van der Waals surface area contributed by atoms with Crippen LogP contribution in [0, 0.1) is 5.82 Å². The van der Waals surface area contributed by atoms with Gasteiger partial charge in [0, 0.05) is 58.6 Å². The normalized spacial score (nSPS) is 22.5. The Morgan fingerprint density at radius 1 is 0.824 bits per heavy atom. The summed E-state index contributed by atoms with van der Waals surface area (Å²) in [5.74, 6) is -5.18. The lowest BCUT2D eigenvalue weighted by atomic mass is 9.55. The highest BCUT2D eigenvalue weighted by molar-refractivity contribution is 6.31. The van der Waals surface area contributed by atoms with E-state index >= 15 is 4.39 Å². The van der Waals surface area contributed by atoms with Crippen LogP contribution in [0.5, 0.6) is 0 Å². The highest BCUT2D eigenvalue weighted by atomic mass is 35.5. The van der Waals surface area contributed by atoms with Gasteiger partial charge >= 0.3 is 0 Å². The van der Waals surface area contributed by atoms with Crippen molar-refractivity contribution in [1.82, 2.24) is 20.9 Å². The quantitative estimate of drug-likeness (QED) is 0.0629. The van der Waals surface area contributed by atoms with Crippen molar-refractivity contribution in [3.63, 3.8) is 0 Å². The van der Waals surface area contributed by atoms with Crippen LogP contribution in [0.3, 0.4) is 0 Å². The third-order valence-corrected chi connectivity index (χ3v) is 14.2. The van der Waals surface area contributed by atoms with Crippen LogP contribution < -0.4 is 31.9 Å². The summed E-state index contributed by atoms with van der Waals surface area (Å²) in [5.41, 5.74) is 0.557. The van der Waals surface area contributed by atoms with Gasteiger partial charge in [-0.3, -0.25) is 49.1 Å². The molecule has 68 heavy (non-hydrogen) atoms. The molecule has 0 aromatic heterocycles. The van der Waals surface area contributed by atoms with Gasteiger partial charge in [-0.1, -0.05) is 66.7 Å². The smallest absolute Gasteiger partial charge is 0.264 e. The molecule has 6 N–H and O–H groups in total. The van der Waals surface area contributed by atoms with E-state index in [1.54, 1.807) is 66.7 Å². The van der Waals surface area contributed by atoms with E-state index in [2.05, 4.69) is 31.9 Å². The number of hydrogen-bond acceptors (Lipinski definition) is 11. The topological polar surface area (TPSA) is 213 Å². The number of carbonyl (C=O) groups is 7. The Labute approximate surface area is 400 Å². The molecule has 4 unspecified atom stereocenters. The molecule has 5 aliphatic rings. The Kier molecular flexibility index (Phi) is 13.4. The van der Waals surface area contributed by atoms with Gasteiger partial charge in [-0.05, 0) is 85.0 Å². The molecule has 19 heteroatoms. The number of rotatable bonds is 15. The highest BCUT2D eigenvalue weighted by Gasteiger charge is 2.72. The van der Waals surface area contributed by atoms with Crippen LogP contribution in [0.1, 0.15) is 93.1 Å². The summed E-state index contributed by atoms with van der Waals surface area (Å²) in [6, 6.07) is 18.9. The fraction of sp³-hybridized carbons (Fsp3) is 0.367. The predicted molar refractivity (Wildman–Crippen MR) is 249 cm³/mol. The van der Waals surface area contributed by atoms with Gasteiger partial charge < -0.3 is 30.7 Å². The van der Waals surface area contributed by atoms with E-state index in [0.29, 0.717) is 52.6 Å². The van der Waals surface area contributed by atoms with Gasteiger partial charge in [-0.2, -0.15) is 0 Å². The van der Waals surface area contributed by atoms with Crippen molar-refractivity contribution >= 4 is 81.6 Å². The van der Waals surface area contributed by atoms with Gasteiger partial charge in [-0.25, -0.2) is 4.39 Å². The molecule has 4 atom stereocenters. The Morgan fingerprint density at radius 3 is 2.31 bits per heavy atom. The second-order valence-corrected chi connectivity index (χ2v) is 18.3. The number of nitrogens with one attached hydrogen (secondary N) is 6. The molecule has 9 rings (SSSR count). The monoisotopic (exact) mass is 967 g/mol. The molecule has 7 amide bonds. The first kappa shape index (κ1) is 46.9. The fourth-order valence-corrected chi connectivity index (χ4v) is 11.1. The van der Waals surface area contributed by atoms with Crippen LogP contribution in [0.25, 0.3) is 0 Å². The molecule has 4 aromatic rings. The van der Waals surface area contributed by atoms with Gasteiger partial charge in [0.25, 0.3) is 17.7 Å². The third-order valence-electron chi connectivity index (χ3n) is 13.7. The number of nitrogens with zero attached hydrogens (tertiary/aromatic N) is 1. The van der Waals surface area contributed by atoms with Crippen molar-refractivity contribution in [2.75, 3.05) is 55.5 Å². The lowest BCUT2D eigenvalue weighted by molar-refractivity contribution is -0.136. The van der Waals surface area contributed by atoms with Gasteiger partial charge in [0.15, 0.2) is 0 Å². The zero-order valence-corrected chi connectivity index (χ0v) is 38.2. The van der Waals surface area contributed by atoms with Crippen LogP contribution in [-0.2, 0) is 34.1 Å². The van der Waals surface area contributed by atoms with Crippen molar-refractivity contribution in [1.29, 1.82) is 0 Å². The highest BCUT2D eigenvalue weighted by Crippen LogP contribution is 2.63. The number of carbonyl (C=O) groups excluding carboxylic acids is 7. The van der Waals surface area contributed by atoms with Crippen LogP contribution >= 0.6 is 23.2 Å². The molecule has 4 aromatic carbocycles. The molecule has 1 aliphatic carbocycles. The minimum atomic E-state index is -1.37. The third kappa shape index (κ3) is 8.40. The first-order valence-electron chi connectivity index (χ1n) is 22.6. The Morgan fingerprint density at radius 2 is 1.56 bits per heavy atom. The first-order chi connectivity index (χ1) is 32.8. The molecule has 2 saturated heterocycles. The van der Waals surface area contributed by atoms with Gasteiger partial charge in [0.2, 0.25) is 23.6 Å². The molecule has 16 nitrogen and oxygen atoms in total. The van der Waals surface area contributed by atoms with E-state index in [1.807, 2.05) is 0 Å². The SMILES string of the molecule is O=C1CCC(N2C(=O)c3cccc(NCCOCCOCCNC(=O)c4ccc(NC(=O)C5NC6(CCCCC6)C6(C(=O)Nc7cc(Cl)ccc76)C5c5cccc(Cl)c5F)cc4)c3C2=O)C(=O)N1. The van der Waals surface area contributed by atoms with Gasteiger partial charge in [0.1, 0.15) is 17.3 Å². The molecule has 0 bridgehead atoms. The number of hydrogen-bond donors (Lipinski definition) is 6. The van der Waals surface area contributed by atoms with Crippen molar-refractivity contribution in [3.05, 3.63) is 123 Å². The number of amides is 7. The van der Waals surface area contributed by atoms with E-state index in [-0.39, 0.29) is 79.3 Å². The zero-order chi connectivity index (χ0) is 47.7. The summed E-state index contributed by atoms with van der Waals surface area (Å²) in [7, 11) is 0. The Hall–Kier alpha value is -6.24. The average molecular weight is 969 g/mol. The number of benzene rings is 4. The standard InChI is InChI=1S/C49H48Cl2FN7O9/c50-28-12-15-32-35(26-28)56-47(66)49(32)39(31-7-4-8-33(51)40(31)52)41(58-48(49)18-2-1-3-19-48)44(63)55-29-13-10-27(11-14-29)42(61)54-21-23-68-25-24-67-22-20-53-34-9-5-6-30-38(34)46(65)59(45(30)64)36-16-17-37(60)57-43(36)62/h4-15,26,36,39,41,53,58H,1-3,16-25H2,(H,54,61)(H,55,63)(H,56,66)(H,57,60,62). The lowest BCUT2D eigenvalue weighted by Gasteiger charge is -2.47. The van der Waals surface area contributed by atoms with E-state index in [9.17, 15) is 33.6 Å². The molecule has 4 heterocycles. The van der Waals surface area contributed by atoms with Crippen LogP contribution in [0.15, 0.2) is 78.9 Å². The predicted octanol–water partition coefficient (Wildman–Crippen LogP) is 5.70. The summed E-state index contributed by atoms with van der Waals surface area (Å²) < 4.78 is 27.5. The number of imide groups is 2. The van der Waals surface area contributed by atoms with E-state index in [4.69, 9.17) is 32.7 Å². The maximum Gasteiger partial charge on any atom is 0.264 e. The molecule has 354 valence electrons. The average Bonchev–Trinajstić information content (AvgIpc) is 3.88. The van der Waals surface area contributed by atoms with E-state index < -0.39 is 64.3 Å². The summed E-state index contributed by atoms with van der Waals surface area (Å²) in [6.07, 6.45) is 3.82. The summed E-state index contributed by atoms with van der Waals surface area (Å²) >= 11 is 12.8. The number of ether oxygens (including phenoxy) is 2. The van der Waals surface area contributed by atoms with Gasteiger partial charge in [-0.15, -0.1) is 0 Å². The molecule has 3 fully saturated rings. The minimum Gasteiger partial charge on any atom is -0.382 e. The molecule has 4 aliphatic heterocycles. The summed E-state index contributed by atoms with van der Waals surface area (Å²) in [5, 5.41) is 18.0. The fourth-order valence-electron chi connectivity index (χ4n) is 10.7. The van der Waals surface area contributed by atoms with Crippen molar-refractivity contribution in [3.8, 4) is 0 Å². The Bertz CT molecular complexity index is 2720. The maximum atomic E-state index is 16.2. The Balaban J connectivity index is 0.755. The second kappa shape index (κ2) is 19.4. The van der Waals surface area contributed by atoms with E-state index in [0.717, 1.165) is 24.2 Å². The largest absolute Gasteiger partial charge is 0.382 e. The van der Waals surface area contributed by atoms with Crippen LogP contribution in [0.4, 0.5) is 21.5 Å². The molecule has 2 spiro atoms. The minimum absolute atomic E-state index is 0.0313. The second-order valence-electron chi connectivity index (χ2n) is 17.5. The molecular formula is C49H48Cl2FN7O9. The van der Waals surface area contributed by atoms with Crippen LogP contribution in [-0.4, -0.2) is 103 Å². The number of halogens is 3. The maximum absolute atomic E-state index is 16.2. The number of piperidine rings is 1. The summed E-state index contributed by atoms with van der Waals surface area (Å²) in [4.78, 5) is 93.4. The zero-order valence-electron chi connectivity index (χ0n) is 36.7. The van der Waals surface area contributed by atoms with E-state index in [1.165, 1.54) is 12.1 Å². The van der Waals surface area contributed by atoms with Gasteiger partial charge in [0.05, 0.1) is 48.6 Å². The first-order valence-corrected chi connectivity index (χ1v) is 23.4.